The van der Waals surface area contributed by atoms with E-state index in [2.05, 4.69) is 15.3 Å². The minimum Gasteiger partial charge on any atom is -0.506 e. The molecule has 2 heterocycles. The third-order valence-electron chi connectivity index (χ3n) is 3.51. The zero-order valence-electron chi connectivity index (χ0n) is 14.5. The number of carbonyl (C=O) groups is 1. The van der Waals surface area contributed by atoms with Crippen LogP contribution in [-0.2, 0) is 15.0 Å². The van der Waals surface area contributed by atoms with Gasteiger partial charge in [0.15, 0.2) is 5.82 Å². The summed E-state index contributed by atoms with van der Waals surface area (Å²) in [7, 11) is -4.29. The number of hydrogen-bond acceptors (Lipinski definition) is 9. The number of carbonyl (C=O) groups excluding carboxylic acids is 1. The van der Waals surface area contributed by atoms with Crippen molar-refractivity contribution in [3.8, 4) is 17.5 Å². The predicted octanol–water partition coefficient (Wildman–Crippen LogP) is 0.740. The van der Waals surface area contributed by atoms with E-state index in [1.54, 1.807) is 4.72 Å². The molecule has 1 amide bonds. The van der Waals surface area contributed by atoms with Crippen LogP contribution in [0.3, 0.4) is 0 Å². The number of rotatable bonds is 6. The number of phenolic OH excluding ortho intramolecular Hbond substituents is 1. The van der Waals surface area contributed by atoms with Gasteiger partial charge in [-0.05, 0) is 12.5 Å². The van der Waals surface area contributed by atoms with Crippen LogP contribution in [0.15, 0.2) is 18.2 Å². The number of halogens is 1. The van der Waals surface area contributed by atoms with Gasteiger partial charge in [-0.3, -0.25) is 4.79 Å². The highest BCUT2D eigenvalue weighted by atomic mass is 32.2. The molecular formula is C15H16FN5O6S. The Morgan fingerprint density at radius 3 is 2.68 bits per heavy atom. The van der Waals surface area contributed by atoms with Gasteiger partial charge in [0.1, 0.15) is 18.0 Å². The van der Waals surface area contributed by atoms with Crippen molar-refractivity contribution in [3.05, 3.63) is 24.0 Å². The van der Waals surface area contributed by atoms with Gasteiger partial charge in [-0.2, -0.15) is 18.4 Å². The smallest absolute Gasteiger partial charge is 0.326 e. The van der Waals surface area contributed by atoms with Crippen molar-refractivity contribution >= 4 is 33.4 Å². The molecule has 150 valence electrons. The lowest BCUT2D eigenvalue weighted by molar-refractivity contribution is -0.117. The van der Waals surface area contributed by atoms with Crippen molar-refractivity contribution in [3.63, 3.8) is 0 Å². The molecule has 3 rings (SSSR count). The molecule has 1 aliphatic rings. The molecule has 0 bridgehead atoms. The van der Waals surface area contributed by atoms with E-state index in [0.717, 1.165) is 12.1 Å². The van der Waals surface area contributed by atoms with Gasteiger partial charge in [0.05, 0.1) is 12.7 Å². The Hall–Kier alpha value is -3.35. The van der Waals surface area contributed by atoms with Crippen LogP contribution in [0.25, 0.3) is 0 Å². The topological polar surface area (TPSA) is 154 Å². The number of phenols is 1. The molecule has 0 saturated carbocycles. The third-order valence-corrected chi connectivity index (χ3v) is 4.89. The number of nitrogens with zero attached hydrogens (tertiary/aromatic N) is 3. The third kappa shape index (κ3) is 3.98. The minimum absolute atomic E-state index is 0.0262. The van der Waals surface area contributed by atoms with E-state index >= 15 is 0 Å². The number of ether oxygens (including phenoxy) is 1. The fourth-order valence-corrected chi connectivity index (χ4v) is 3.60. The Balaban J connectivity index is 1.90. The second-order valence-corrected chi connectivity index (χ2v) is 7.32. The van der Waals surface area contributed by atoms with Crippen LogP contribution in [0.5, 0.6) is 17.5 Å². The second-order valence-electron chi connectivity index (χ2n) is 5.72. The van der Waals surface area contributed by atoms with Crippen LogP contribution in [0.2, 0.25) is 0 Å². The van der Waals surface area contributed by atoms with Gasteiger partial charge in [-0.15, -0.1) is 0 Å². The molecule has 1 aromatic carbocycles. The number of nitrogens with one attached hydrogen (secondary N) is 2. The van der Waals surface area contributed by atoms with Gasteiger partial charge in [-0.25, -0.2) is 13.4 Å². The molecule has 0 unspecified atom stereocenters. The van der Waals surface area contributed by atoms with E-state index in [1.807, 2.05) is 6.92 Å². The number of aromatic hydroxyl groups is 2. The molecule has 0 aliphatic carbocycles. The monoisotopic (exact) mass is 413 g/mol. The first kappa shape index (κ1) is 19.4. The number of hydrogen-bond donors (Lipinski definition) is 4. The van der Waals surface area contributed by atoms with Crippen LogP contribution >= 0.6 is 0 Å². The van der Waals surface area contributed by atoms with Crippen molar-refractivity contribution in [2.45, 2.75) is 13.3 Å². The number of benzene rings is 1. The maximum atomic E-state index is 14.5. The summed E-state index contributed by atoms with van der Waals surface area (Å²) in [5.41, 5.74) is -0.700. The van der Waals surface area contributed by atoms with Gasteiger partial charge in [0.2, 0.25) is 17.7 Å². The first-order chi connectivity index (χ1) is 13.2. The summed E-state index contributed by atoms with van der Waals surface area (Å²) in [6.45, 7) is 1.58. The lowest BCUT2D eigenvalue weighted by Crippen LogP contribution is -2.30. The Morgan fingerprint density at radius 2 is 2.07 bits per heavy atom. The lowest BCUT2D eigenvalue weighted by Gasteiger charge is -2.18. The van der Waals surface area contributed by atoms with Crippen LogP contribution < -0.4 is 19.1 Å². The average Bonchev–Trinajstić information content (AvgIpc) is 2.84. The van der Waals surface area contributed by atoms with Crippen LogP contribution in [0, 0.1) is 5.82 Å². The fraction of sp³-hybridized carbons (Fsp3) is 0.267. The zero-order chi connectivity index (χ0) is 20.5. The van der Waals surface area contributed by atoms with Crippen molar-refractivity contribution < 1.29 is 32.6 Å². The summed E-state index contributed by atoms with van der Waals surface area (Å²) in [5, 5.41) is 22.3. The first-order valence-corrected chi connectivity index (χ1v) is 9.47. The number of anilines is 3. The number of amides is 1. The van der Waals surface area contributed by atoms with E-state index < -0.39 is 45.8 Å². The molecule has 1 fully saturated rings. The van der Waals surface area contributed by atoms with Gasteiger partial charge in [-0.1, -0.05) is 6.92 Å². The SMILES string of the molecule is CCCOc1cc(O)nc(Nc2cc(O)c(N3CC(=O)NS3(=O)=O)c(F)c2)n1. The van der Waals surface area contributed by atoms with Crippen LogP contribution in [0.1, 0.15) is 13.3 Å². The average molecular weight is 413 g/mol. The fourth-order valence-electron chi connectivity index (χ4n) is 2.43. The van der Waals surface area contributed by atoms with Gasteiger partial charge in [0.25, 0.3) is 5.91 Å². The highest BCUT2D eigenvalue weighted by molar-refractivity contribution is 7.92. The molecule has 0 radical (unpaired) electrons. The molecule has 1 aromatic heterocycles. The van der Waals surface area contributed by atoms with Crippen LogP contribution in [-0.4, -0.2) is 47.7 Å². The summed E-state index contributed by atoms with van der Waals surface area (Å²) < 4.78 is 45.6. The Labute approximate surface area is 159 Å². The Morgan fingerprint density at radius 1 is 1.32 bits per heavy atom. The first-order valence-electron chi connectivity index (χ1n) is 8.03. The molecular weight excluding hydrogens is 397 g/mol. The molecule has 0 spiro atoms. The highest BCUT2D eigenvalue weighted by Gasteiger charge is 2.37. The maximum absolute atomic E-state index is 14.5. The molecule has 13 heteroatoms. The molecule has 4 N–H and O–H groups in total. The van der Waals surface area contributed by atoms with E-state index in [9.17, 15) is 27.8 Å². The standard InChI is InChI=1S/C15H16FN5O6S/c1-2-3-27-13-6-11(23)18-15(19-13)17-8-4-9(16)14(10(22)5-8)21-7-12(24)20-28(21,25)26/h4-6,22H,2-3,7H2,1H3,(H,20,24)(H2,17,18,19,23). The van der Waals surface area contributed by atoms with Crippen molar-refractivity contribution in [1.29, 1.82) is 0 Å². The predicted molar refractivity (Wildman–Crippen MR) is 95.2 cm³/mol. The molecule has 28 heavy (non-hydrogen) atoms. The molecule has 11 nitrogen and oxygen atoms in total. The normalized spacial score (nSPS) is 15.4. The van der Waals surface area contributed by atoms with Gasteiger partial charge >= 0.3 is 10.2 Å². The lowest BCUT2D eigenvalue weighted by atomic mass is 10.2. The van der Waals surface area contributed by atoms with Crippen LogP contribution in [0.4, 0.5) is 21.7 Å². The Bertz CT molecular complexity index is 1010. The molecule has 0 atom stereocenters. The van der Waals surface area contributed by atoms with Crippen molar-refractivity contribution in [2.75, 3.05) is 22.8 Å². The van der Waals surface area contributed by atoms with Crippen molar-refractivity contribution in [1.82, 2.24) is 14.7 Å². The quantitative estimate of drug-likeness (QED) is 0.537. The molecule has 1 aliphatic heterocycles. The van der Waals surface area contributed by atoms with E-state index in [-0.39, 0.29) is 17.5 Å². The van der Waals surface area contributed by atoms with E-state index in [1.165, 1.54) is 6.07 Å². The summed E-state index contributed by atoms with van der Waals surface area (Å²) in [6, 6.07) is 3.11. The highest BCUT2D eigenvalue weighted by Crippen LogP contribution is 2.36. The van der Waals surface area contributed by atoms with Gasteiger partial charge in [0, 0.05) is 11.8 Å². The van der Waals surface area contributed by atoms with Crippen molar-refractivity contribution in [2.24, 2.45) is 0 Å². The summed E-state index contributed by atoms with van der Waals surface area (Å²) >= 11 is 0. The summed E-state index contributed by atoms with van der Waals surface area (Å²) in [4.78, 5) is 19.0. The van der Waals surface area contributed by atoms with Gasteiger partial charge < -0.3 is 20.3 Å². The molecule has 1 saturated heterocycles. The largest absolute Gasteiger partial charge is 0.506 e. The Kier molecular flexibility index (Phi) is 5.09. The van der Waals surface area contributed by atoms with E-state index in [4.69, 9.17) is 4.74 Å². The van der Waals surface area contributed by atoms with E-state index in [0.29, 0.717) is 17.3 Å². The maximum Gasteiger partial charge on any atom is 0.326 e. The molecule has 2 aromatic rings. The summed E-state index contributed by atoms with van der Waals surface area (Å²) in [6.07, 6.45) is 0.713. The zero-order valence-corrected chi connectivity index (χ0v) is 15.3. The minimum atomic E-state index is -4.29. The summed E-state index contributed by atoms with van der Waals surface area (Å²) in [5.74, 6) is -3.13. The second kappa shape index (κ2) is 7.34. The number of aromatic nitrogens is 2.